The van der Waals surface area contributed by atoms with Gasteiger partial charge in [0.2, 0.25) is 11.8 Å². The Hall–Kier alpha value is -2.90. The number of likely N-dealkylation sites (N-methyl/N-ethyl adjacent to an activating group) is 1. The van der Waals surface area contributed by atoms with E-state index in [1.165, 1.54) is 4.90 Å². The summed E-state index contributed by atoms with van der Waals surface area (Å²) in [5, 5.41) is 5.27. The van der Waals surface area contributed by atoms with Gasteiger partial charge >= 0.3 is 0 Å². The summed E-state index contributed by atoms with van der Waals surface area (Å²) in [6.07, 6.45) is 0.499. The number of oxime groups is 1. The number of imide groups is 1. The highest BCUT2D eigenvalue weighted by molar-refractivity contribution is 6.34. The molecule has 166 valence electrons. The lowest BCUT2D eigenvalue weighted by Crippen LogP contribution is -2.55. The first-order valence-electron chi connectivity index (χ1n) is 10.1. The summed E-state index contributed by atoms with van der Waals surface area (Å²) in [6.45, 7) is 3.72. The second-order valence-electron chi connectivity index (χ2n) is 7.97. The minimum absolute atomic E-state index is 0.110. The second-order valence-corrected chi connectivity index (χ2v) is 8.84. The maximum Gasteiger partial charge on any atom is 0.254 e. The number of hydrogen-bond acceptors (Lipinski definition) is 5. The molecule has 1 unspecified atom stereocenters. The molecule has 9 heteroatoms. The number of halogens is 2. The number of benzene rings is 2. The third-order valence-electron chi connectivity index (χ3n) is 5.66. The van der Waals surface area contributed by atoms with E-state index >= 15 is 0 Å². The molecule has 2 aromatic rings. The molecule has 0 saturated carbocycles. The summed E-state index contributed by atoms with van der Waals surface area (Å²) in [5.74, 6) is -1.10. The Morgan fingerprint density at radius 3 is 2.22 bits per heavy atom. The van der Waals surface area contributed by atoms with Crippen LogP contribution in [0.25, 0.3) is 0 Å². The van der Waals surface area contributed by atoms with E-state index in [4.69, 9.17) is 28.0 Å². The number of rotatable bonds is 4. The van der Waals surface area contributed by atoms with Crippen LogP contribution in [0.15, 0.2) is 47.6 Å². The predicted octanol–water partition coefficient (Wildman–Crippen LogP) is 3.86. The Balaban J connectivity index is 1.47. The highest BCUT2D eigenvalue weighted by Crippen LogP contribution is 2.38. The van der Waals surface area contributed by atoms with E-state index in [1.807, 2.05) is 6.92 Å². The van der Waals surface area contributed by atoms with Crippen molar-refractivity contribution < 1.29 is 19.2 Å². The van der Waals surface area contributed by atoms with Gasteiger partial charge in [0.05, 0.1) is 5.71 Å². The molecule has 2 heterocycles. The number of carbonyl (C=O) groups excluding carboxylic acids is 3. The molecule has 0 bridgehead atoms. The van der Waals surface area contributed by atoms with Crippen LogP contribution >= 0.6 is 23.2 Å². The number of nitrogens with zero attached hydrogens (tertiary/aromatic N) is 3. The van der Waals surface area contributed by atoms with Crippen molar-refractivity contribution in [2.45, 2.75) is 25.9 Å². The predicted molar refractivity (Wildman–Crippen MR) is 121 cm³/mol. The van der Waals surface area contributed by atoms with Crippen molar-refractivity contribution in [2.75, 3.05) is 19.6 Å². The van der Waals surface area contributed by atoms with E-state index in [9.17, 15) is 14.4 Å². The molecule has 1 atom stereocenters. The van der Waals surface area contributed by atoms with E-state index in [0.29, 0.717) is 28.6 Å². The van der Waals surface area contributed by atoms with Crippen LogP contribution in [-0.2, 0) is 20.0 Å². The number of carbonyl (C=O) groups is 3. The summed E-state index contributed by atoms with van der Waals surface area (Å²) in [6, 6.07) is 12.1. The molecule has 7 nitrogen and oxygen atoms in total. The van der Waals surface area contributed by atoms with Gasteiger partial charge in [-0.25, -0.2) is 0 Å². The van der Waals surface area contributed by atoms with Gasteiger partial charge in [-0.15, -0.1) is 0 Å². The fraction of sp³-hybridized carbons (Fsp3) is 0.304. The van der Waals surface area contributed by atoms with Crippen LogP contribution < -0.4 is 0 Å². The quantitative estimate of drug-likeness (QED) is 0.631. The summed E-state index contributed by atoms with van der Waals surface area (Å²) < 4.78 is 0. The van der Waals surface area contributed by atoms with E-state index in [2.05, 4.69) is 5.16 Å². The topological polar surface area (TPSA) is 79.3 Å². The van der Waals surface area contributed by atoms with Crippen molar-refractivity contribution in [3.63, 3.8) is 0 Å². The van der Waals surface area contributed by atoms with E-state index in [-0.39, 0.29) is 30.8 Å². The Kier molecular flexibility index (Phi) is 5.97. The zero-order valence-electron chi connectivity index (χ0n) is 17.6. The van der Waals surface area contributed by atoms with E-state index < -0.39 is 5.60 Å². The molecular formula is C23H21Cl2N3O4. The van der Waals surface area contributed by atoms with Gasteiger partial charge in [-0.2, -0.15) is 0 Å². The number of hydrogen-bond donors (Lipinski definition) is 0. The average molecular weight is 474 g/mol. The molecule has 2 aliphatic heterocycles. The van der Waals surface area contributed by atoms with Crippen LogP contribution in [0.3, 0.4) is 0 Å². The minimum Gasteiger partial charge on any atom is -0.384 e. The van der Waals surface area contributed by atoms with Crippen molar-refractivity contribution in [3.8, 4) is 0 Å². The van der Waals surface area contributed by atoms with Crippen LogP contribution in [0.1, 0.15) is 41.8 Å². The first-order valence-corrected chi connectivity index (χ1v) is 10.9. The Labute approximate surface area is 195 Å². The summed E-state index contributed by atoms with van der Waals surface area (Å²) in [4.78, 5) is 45.1. The molecule has 0 radical (unpaired) electrons. The van der Waals surface area contributed by atoms with Crippen molar-refractivity contribution in [1.82, 2.24) is 9.80 Å². The van der Waals surface area contributed by atoms with Gasteiger partial charge in [-0.05, 0) is 49.7 Å². The highest BCUT2D eigenvalue weighted by atomic mass is 35.5. The van der Waals surface area contributed by atoms with Gasteiger partial charge in [-0.1, -0.05) is 40.5 Å². The van der Waals surface area contributed by atoms with Gasteiger partial charge in [-0.3, -0.25) is 19.3 Å². The van der Waals surface area contributed by atoms with Gasteiger partial charge in [0, 0.05) is 34.1 Å². The monoisotopic (exact) mass is 473 g/mol. The molecule has 0 spiro atoms. The van der Waals surface area contributed by atoms with Crippen LogP contribution in [0.5, 0.6) is 0 Å². The van der Waals surface area contributed by atoms with Crippen LogP contribution in [0, 0.1) is 0 Å². The molecule has 0 aromatic heterocycles. The molecule has 2 aliphatic rings. The lowest BCUT2D eigenvalue weighted by molar-refractivity contribution is -0.149. The highest BCUT2D eigenvalue weighted by Gasteiger charge is 2.37. The Morgan fingerprint density at radius 1 is 1.06 bits per heavy atom. The molecule has 2 aromatic carbocycles. The second kappa shape index (κ2) is 8.56. The van der Waals surface area contributed by atoms with Crippen molar-refractivity contribution in [2.24, 2.45) is 5.16 Å². The molecule has 0 N–H and O–H groups in total. The molecule has 4 rings (SSSR count). The summed E-state index contributed by atoms with van der Waals surface area (Å²) >= 11 is 12.3. The first-order chi connectivity index (χ1) is 15.2. The van der Waals surface area contributed by atoms with Crippen LogP contribution in [0.2, 0.25) is 10.0 Å². The Bertz CT molecular complexity index is 1090. The van der Waals surface area contributed by atoms with Gasteiger partial charge < -0.3 is 9.74 Å². The van der Waals surface area contributed by atoms with E-state index in [1.54, 1.807) is 49.4 Å². The van der Waals surface area contributed by atoms with Crippen LogP contribution in [0.4, 0.5) is 0 Å². The first kappa shape index (κ1) is 22.3. The zero-order chi connectivity index (χ0) is 23.0. The number of piperazine rings is 1. The number of amides is 3. The summed E-state index contributed by atoms with van der Waals surface area (Å²) in [5.41, 5.74) is 2.04. The zero-order valence-corrected chi connectivity index (χ0v) is 19.1. The lowest BCUT2D eigenvalue weighted by atomic mass is 9.89. The lowest BCUT2D eigenvalue weighted by Gasteiger charge is -2.32. The van der Waals surface area contributed by atoms with Crippen molar-refractivity contribution >= 4 is 46.6 Å². The molecule has 0 aliphatic carbocycles. The van der Waals surface area contributed by atoms with E-state index in [0.717, 1.165) is 21.7 Å². The average Bonchev–Trinajstić information content (AvgIpc) is 3.16. The van der Waals surface area contributed by atoms with Crippen LogP contribution in [-0.4, -0.2) is 52.9 Å². The smallest absolute Gasteiger partial charge is 0.254 e. The largest absolute Gasteiger partial charge is 0.384 e. The standard InChI is InChI=1S/C23H21Cl2N3O4/c1-3-28-20(29)12-27(13-21(28)30)22(31)15-6-4-14(5-7-15)19-11-23(2,32-26-19)16-8-17(24)10-18(25)9-16/h4-10H,3,11-13H2,1-2H3. The fourth-order valence-electron chi connectivity index (χ4n) is 3.88. The van der Waals surface area contributed by atoms with Crippen molar-refractivity contribution in [3.05, 3.63) is 69.2 Å². The Morgan fingerprint density at radius 2 is 1.66 bits per heavy atom. The SMILES string of the molecule is CCN1C(=O)CN(C(=O)c2ccc(C3=NOC(C)(c4cc(Cl)cc(Cl)c4)C3)cc2)CC1=O. The molecule has 32 heavy (non-hydrogen) atoms. The maximum atomic E-state index is 12.8. The molecular weight excluding hydrogens is 453 g/mol. The maximum absolute atomic E-state index is 12.8. The van der Waals surface area contributed by atoms with Crippen molar-refractivity contribution in [1.29, 1.82) is 0 Å². The molecule has 1 fully saturated rings. The van der Waals surface area contributed by atoms with Gasteiger partial charge in [0.1, 0.15) is 13.1 Å². The third kappa shape index (κ3) is 4.23. The third-order valence-corrected chi connectivity index (χ3v) is 6.09. The molecule has 3 amide bonds. The molecule has 1 saturated heterocycles. The van der Waals surface area contributed by atoms with Gasteiger partial charge in [0.15, 0.2) is 5.60 Å². The fourth-order valence-corrected chi connectivity index (χ4v) is 4.41. The van der Waals surface area contributed by atoms with Gasteiger partial charge in [0.25, 0.3) is 5.91 Å². The summed E-state index contributed by atoms with van der Waals surface area (Å²) in [7, 11) is 0. The normalized spacial score (nSPS) is 20.9. The minimum atomic E-state index is -0.710.